The van der Waals surface area contributed by atoms with Crippen LogP contribution in [0.25, 0.3) is 5.57 Å². The van der Waals surface area contributed by atoms with E-state index in [2.05, 4.69) is 10.2 Å². The molecule has 0 unspecified atom stereocenters. The van der Waals surface area contributed by atoms with Crippen molar-refractivity contribution in [3.05, 3.63) is 94.9 Å². The van der Waals surface area contributed by atoms with Crippen LogP contribution in [0.3, 0.4) is 0 Å². The van der Waals surface area contributed by atoms with Gasteiger partial charge in [-0.05, 0) is 47.5 Å². The Morgan fingerprint density at radius 2 is 1.93 bits per heavy atom. The van der Waals surface area contributed by atoms with Gasteiger partial charge >= 0.3 is 0 Å². The molecule has 6 nitrogen and oxygen atoms in total. The lowest BCUT2D eigenvalue weighted by Gasteiger charge is -2.23. The number of halogens is 1. The lowest BCUT2D eigenvalue weighted by atomic mass is 10.1. The van der Waals surface area contributed by atoms with Crippen molar-refractivity contribution in [2.24, 2.45) is 5.73 Å². The minimum atomic E-state index is -0.111. The van der Waals surface area contributed by atoms with Crippen molar-refractivity contribution in [3.8, 4) is 0 Å². The van der Waals surface area contributed by atoms with Gasteiger partial charge < -0.3 is 16.0 Å². The second-order valence-corrected chi connectivity index (χ2v) is 6.75. The molecule has 0 saturated carbocycles. The average Bonchev–Trinajstić information content (AvgIpc) is 2.74. The van der Waals surface area contributed by atoms with Crippen molar-refractivity contribution < 1.29 is 4.79 Å². The molecule has 146 valence electrons. The number of nitrogens with one attached hydrogen (secondary N) is 1. The molecule has 29 heavy (non-hydrogen) atoms. The maximum absolute atomic E-state index is 13.1. The van der Waals surface area contributed by atoms with Crippen LogP contribution in [0, 0.1) is 5.41 Å². The van der Waals surface area contributed by atoms with E-state index in [-0.39, 0.29) is 12.3 Å². The summed E-state index contributed by atoms with van der Waals surface area (Å²) in [6.45, 7) is 0.364. The number of anilines is 1. The highest BCUT2D eigenvalue weighted by atomic mass is 35.5. The molecule has 3 aromatic rings. The highest BCUT2D eigenvalue weighted by Crippen LogP contribution is 2.23. The van der Waals surface area contributed by atoms with E-state index < -0.39 is 0 Å². The second kappa shape index (κ2) is 9.61. The zero-order valence-electron chi connectivity index (χ0n) is 15.6. The quantitative estimate of drug-likeness (QED) is 0.583. The Kier molecular flexibility index (Phi) is 6.71. The van der Waals surface area contributed by atoms with Gasteiger partial charge in [0.1, 0.15) is 0 Å². The molecule has 0 bridgehead atoms. The number of amides is 1. The van der Waals surface area contributed by atoms with Gasteiger partial charge in [-0.1, -0.05) is 35.9 Å². The predicted octanol–water partition coefficient (Wildman–Crippen LogP) is 3.86. The molecule has 1 aromatic heterocycles. The van der Waals surface area contributed by atoms with Crippen molar-refractivity contribution in [1.82, 2.24) is 10.2 Å². The molecule has 0 spiro atoms. The highest BCUT2D eigenvalue weighted by molar-refractivity contribution is 6.30. The van der Waals surface area contributed by atoms with Crippen LogP contribution in [0.1, 0.15) is 16.8 Å². The molecule has 0 aliphatic rings. The van der Waals surface area contributed by atoms with Gasteiger partial charge in [-0.15, -0.1) is 0 Å². The van der Waals surface area contributed by atoms with Gasteiger partial charge in [-0.2, -0.15) is 10.2 Å². The average molecular weight is 406 g/mol. The van der Waals surface area contributed by atoms with E-state index in [4.69, 9.17) is 22.7 Å². The fourth-order valence-corrected chi connectivity index (χ4v) is 3.09. The van der Waals surface area contributed by atoms with E-state index >= 15 is 0 Å². The summed E-state index contributed by atoms with van der Waals surface area (Å²) in [6.07, 6.45) is 4.27. The Morgan fingerprint density at radius 1 is 1.14 bits per heavy atom. The summed E-state index contributed by atoms with van der Waals surface area (Å²) in [5.41, 5.74) is 9.20. The smallest absolute Gasteiger partial charge is 0.233 e. The third-order valence-electron chi connectivity index (χ3n) is 4.34. The maximum atomic E-state index is 13.1. The van der Waals surface area contributed by atoms with Crippen molar-refractivity contribution in [2.75, 3.05) is 4.90 Å². The first-order valence-electron chi connectivity index (χ1n) is 8.95. The van der Waals surface area contributed by atoms with E-state index in [1.165, 1.54) is 12.4 Å². The molecular formula is C22H20ClN5O. The van der Waals surface area contributed by atoms with Crippen LogP contribution in [0.15, 0.2) is 73.1 Å². The monoisotopic (exact) mass is 405 g/mol. The molecule has 1 amide bonds. The van der Waals surface area contributed by atoms with Gasteiger partial charge in [0.05, 0.1) is 18.7 Å². The van der Waals surface area contributed by atoms with E-state index in [0.717, 1.165) is 16.8 Å². The highest BCUT2D eigenvalue weighted by Gasteiger charge is 2.18. The number of allylic oxidation sites excluding steroid dienone is 1. The molecule has 0 fully saturated rings. The first-order valence-corrected chi connectivity index (χ1v) is 9.32. The molecule has 3 N–H and O–H groups in total. The Bertz CT molecular complexity index is 1020. The number of carbonyl (C=O) groups excluding carboxylic acids is 1. The second-order valence-electron chi connectivity index (χ2n) is 6.31. The topological polar surface area (TPSA) is 96.0 Å². The molecule has 1 heterocycles. The zero-order valence-corrected chi connectivity index (χ0v) is 16.4. The van der Waals surface area contributed by atoms with Crippen LogP contribution >= 0.6 is 11.6 Å². The fourth-order valence-electron chi connectivity index (χ4n) is 2.88. The van der Waals surface area contributed by atoms with Crippen LogP contribution in [0.2, 0.25) is 5.02 Å². The third kappa shape index (κ3) is 5.27. The van der Waals surface area contributed by atoms with Crippen molar-refractivity contribution in [2.45, 2.75) is 13.0 Å². The maximum Gasteiger partial charge on any atom is 0.233 e. The molecular weight excluding hydrogens is 386 g/mol. The van der Waals surface area contributed by atoms with Crippen LogP contribution in [-0.2, 0) is 17.8 Å². The van der Waals surface area contributed by atoms with E-state index in [1.54, 1.807) is 29.3 Å². The number of carbonyl (C=O) groups is 1. The van der Waals surface area contributed by atoms with Crippen molar-refractivity contribution in [1.29, 1.82) is 5.41 Å². The predicted molar refractivity (Wildman–Crippen MR) is 116 cm³/mol. The van der Waals surface area contributed by atoms with E-state index in [1.807, 2.05) is 42.5 Å². The standard InChI is InChI=1S/C22H20ClN5O/c23-19-4-1-3-16(11-19)15-28(22(29)12-20-5-2-10-26-27-20)21-8-6-17(7-9-21)18(13-24)14-25/h1-11,13-14,24H,12,15,25H2/b18-14+,24-13?. The van der Waals surface area contributed by atoms with E-state index in [9.17, 15) is 4.79 Å². The van der Waals surface area contributed by atoms with Gasteiger partial charge in [0, 0.05) is 34.9 Å². The third-order valence-corrected chi connectivity index (χ3v) is 4.57. The largest absolute Gasteiger partial charge is 0.404 e. The Morgan fingerprint density at radius 3 is 2.55 bits per heavy atom. The lowest BCUT2D eigenvalue weighted by Crippen LogP contribution is -2.32. The summed E-state index contributed by atoms with van der Waals surface area (Å²) in [6, 6.07) is 18.3. The Hall–Kier alpha value is -3.51. The normalized spacial score (nSPS) is 11.1. The fraction of sp³-hybridized carbons (Fsp3) is 0.0909. The number of nitrogens with two attached hydrogens (primary N) is 1. The molecule has 0 atom stereocenters. The van der Waals surface area contributed by atoms with Gasteiger partial charge in [0.2, 0.25) is 5.91 Å². The minimum absolute atomic E-state index is 0.111. The number of hydrogen-bond donors (Lipinski definition) is 2. The number of hydrogen-bond acceptors (Lipinski definition) is 5. The molecule has 0 aliphatic carbocycles. The summed E-state index contributed by atoms with van der Waals surface area (Å²) in [5.74, 6) is -0.111. The minimum Gasteiger partial charge on any atom is -0.404 e. The molecule has 7 heteroatoms. The Labute approximate surface area is 174 Å². The number of benzene rings is 2. The van der Waals surface area contributed by atoms with Crippen LogP contribution in [0.5, 0.6) is 0 Å². The van der Waals surface area contributed by atoms with Gasteiger partial charge in [-0.3, -0.25) is 4.79 Å². The van der Waals surface area contributed by atoms with Gasteiger partial charge in [-0.25, -0.2) is 0 Å². The SMILES string of the molecule is N=C/C(=C\N)c1ccc(N(Cc2cccc(Cl)c2)C(=O)Cc2cccnn2)cc1. The van der Waals surface area contributed by atoms with Crippen LogP contribution < -0.4 is 10.6 Å². The summed E-state index contributed by atoms with van der Waals surface area (Å²) in [5, 5.41) is 15.9. The zero-order chi connectivity index (χ0) is 20.6. The number of rotatable bonds is 7. The van der Waals surface area contributed by atoms with Gasteiger partial charge in [0.25, 0.3) is 0 Å². The first-order chi connectivity index (χ1) is 14.1. The van der Waals surface area contributed by atoms with Crippen LogP contribution in [0.4, 0.5) is 5.69 Å². The summed E-state index contributed by atoms with van der Waals surface area (Å²) in [4.78, 5) is 14.8. The number of aromatic nitrogens is 2. The van der Waals surface area contributed by atoms with Gasteiger partial charge in [0.15, 0.2) is 0 Å². The number of nitrogens with zero attached hydrogens (tertiary/aromatic N) is 3. The molecule has 2 aromatic carbocycles. The van der Waals surface area contributed by atoms with E-state index in [0.29, 0.717) is 22.8 Å². The Balaban J connectivity index is 1.91. The molecule has 0 saturated heterocycles. The molecule has 3 rings (SSSR count). The van der Waals surface area contributed by atoms with Crippen molar-refractivity contribution in [3.63, 3.8) is 0 Å². The summed E-state index contributed by atoms with van der Waals surface area (Å²) < 4.78 is 0. The summed E-state index contributed by atoms with van der Waals surface area (Å²) in [7, 11) is 0. The summed E-state index contributed by atoms with van der Waals surface area (Å²) >= 11 is 6.11. The lowest BCUT2D eigenvalue weighted by molar-refractivity contribution is -0.118. The molecule has 0 radical (unpaired) electrons. The van der Waals surface area contributed by atoms with Crippen molar-refractivity contribution >= 4 is 35.0 Å². The first kappa shape index (κ1) is 20.2. The van der Waals surface area contributed by atoms with Crippen LogP contribution in [-0.4, -0.2) is 22.3 Å². The molecule has 0 aliphatic heterocycles.